The molecule has 0 unspecified atom stereocenters. The van der Waals surface area contributed by atoms with Gasteiger partial charge < -0.3 is 14.6 Å². The van der Waals surface area contributed by atoms with Crippen molar-refractivity contribution in [3.8, 4) is 0 Å². The van der Waals surface area contributed by atoms with Gasteiger partial charge in [0.2, 0.25) is 0 Å². The van der Waals surface area contributed by atoms with Crippen LogP contribution in [0.3, 0.4) is 0 Å². The Kier molecular flexibility index (Phi) is 6.24. The summed E-state index contributed by atoms with van der Waals surface area (Å²) in [5.74, 6) is 0.450. The van der Waals surface area contributed by atoms with Crippen molar-refractivity contribution >= 4 is 28.2 Å². The number of ether oxygens (including phenoxy) is 1. The first-order valence-corrected chi connectivity index (χ1v) is 12.1. The second kappa shape index (κ2) is 9.28. The Balaban J connectivity index is 1.26. The topological polar surface area (TPSA) is 61.1 Å². The van der Waals surface area contributed by atoms with E-state index in [2.05, 4.69) is 52.4 Å². The van der Waals surface area contributed by atoms with Crippen LogP contribution in [0.1, 0.15) is 56.2 Å². The van der Waals surface area contributed by atoms with Crippen molar-refractivity contribution in [3.63, 3.8) is 0 Å². The van der Waals surface area contributed by atoms with E-state index in [4.69, 9.17) is 16.3 Å². The van der Waals surface area contributed by atoms with Gasteiger partial charge in [0.05, 0.1) is 24.5 Å². The number of hydrogen-bond donors (Lipinski definition) is 1. The molecule has 1 saturated carbocycles. The number of nitrogens with one attached hydrogen (secondary N) is 1. The zero-order valence-electron chi connectivity index (χ0n) is 18.6. The van der Waals surface area contributed by atoms with Gasteiger partial charge >= 0.3 is 0 Å². The van der Waals surface area contributed by atoms with Crippen molar-refractivity contribution in [2.24, 2.45) is 5.92 Å². The van der Waals surface area contributed by atoms with Gasteiger partial charge in [-0.2, -0.15) is 5.10 Å². The smallest absolute Gasteiger partial charge is 0.287 e. The molecule has 32 heavy (non-hydrogen) atoms. The lowest BCUT2D eigenvalue weighted by Crippen LogP contribution is -2.32. The third-order valence-corrected chi connectivity index (χ3v) is 7.49. The number of para-hydroxylation sites is 1. The lowest BCUT2D eigenvalue weighted by atomic mass is 9.91. The molecule has 1 atom stereocenters. The van der Waals surface area contributed by atoms with Gasteiger partial charge in [-0.3, -0.25) is 4.79 Å². The lowest BCUT2D eigenvalue weighted by Gasteiger charge is -2.30. The van der Waals surface area contributed by atoms with Gasteiger partial charge in [0.15, 0.2) is 0 Å². The largest absolute Gasteiger partial charge is 0.382 e. The van der Waals surface area contributed by atoms with Crippen molar-refractivity contribution in [2.75, 3.05) is 25.1 Å². The third kappa shape index (κ3) is 4.18. The molecule has 170 valence electrons. The number of hydrogen-bond acceptors (Lipinski definition) is 4. The molecule has 3 aromatic rings. The van der Waals surface area contributed by atoms with E-state index in [0.717, 1.165) is 58.3 Å². The van der Waals surface area contributed by atoms with Gasteiger partial charge in [-0.25, -0.2) is 4.68 Å². The number of nitrogens with zero attached hydrogens (tertiary/aromatic N) is 3. The summed E-state index contributed by atoms with van der Waals surface area (Å²) in [4.78, 5) is 13.0. The van der Waals surface area contributed by atoms with Crippen LogP contribution in [0.25, 0.3) is 10.9 Å². The minimum absolute atomic E-state index is 0.0972. The van der Waals surface area contributed by atoms with Crippen LogP contribution < -0.4 is 10.9 Å². The van der Waals surface area contributed by atoms with Crippen LogP contribution in [0.4, 0.5) is 5.69 Å². The molecule has 1 aliphatic carbocycles. The zero-order valence-corrected chi connectivity index (χ0v) is 19.4. The van der Waals surface area contributed by atoms with Gasteiger partial charge in [0.25, 0.3) is 5.56 Å². The quantitative estimate of drug-likeness (QED) is 0.564. The zero-order chi connectivity index (χ0) is 22.1. The lowest BCUT2D eigenvalue weighted by molar-refractivity contribution is 0.0595. The molecule has 0 amide bonds. The Labute approximate surface area is 193 Å². The van der Waals surface area contributed by atoms with Crippen LogP contribution in [0, 0.1) is 12.8 Å². The Hall–Kier alpha value is -2.31. The maximum Gasteiger partial charge on any atom is 0.287 e. The molecule has 2 aromatic heterocycles. The predicted octanol–water partition coefficient (Wildman–Crippen LogP) is 5.35. The maximum atomic E-state index is 13.0. The van der Waals surface area contributed by atoms with E-state index in [9.17, 15) is 4.79 Å². The molecule has 2 aliphatic rings. The average molecular weight is 455 g/mol. The highest BCUT2D eigenvalue weighted by Crippen LogP contribution is 2.37. The molecule has 0 spiro atoms. The number of fused-ring (bicyclic) bond motifs is 1. The van der Waals surface area contributed by atoms with Crippen LogP contribution in [0.5, 0.6) is 0 Å². The highest BCUT2D eigenvalue weighted by atomic mass is 35.5. The molecule has 1 aliphatic heterocycles. The standard InChI is InChI=1S/C25H31ClN4O2/c1-17-15-29(23-7-3-2-6-21(17)23)19-8-10-20(11-9-19)30-25(31)24(26)22(14-28-30)27-13-18-5-4-12-32-16-18/h2-3,6-7,14-15,18-20,27H,4-5,8-13,16H2,1H3/t18-,19?,20?/m1/s1. The van der Waals surface area contributed by atoms with Gasteiger partial charge in [0.1, 0.15) is 5.02 Å². The normalized spacial score (nSPS) is 24.0. The van der Waals surface area contributed by atoms with Gasteiger partial charge in [-0.1, -0.05) is 29.8 Å². The highest BCUT2D eigenvalue weighted by Gasteiger charge is 2.27. The number of rotatable bonds is 5. The molecule has 2 fully saturated rings. The maximum absolute atomic E-state index is 13.0. The Bertz CT molecular complexity index is 1140. The minimum Gasteiger partial charge on any atom is -0.382 e. The molecule has 1 saturated heterocycles. The van der Waals surface area contributed by atoms with Crippen molar-refractivity contribution in [1.82, 2.24) is 14.3 Å². The Morgan fingerprint density at radius 1 is 1.16 bits per heavy atom. The molecule has 7 heteroatoms. The molecular formula is C25H31ClN4O2. The fourth-order valence-corrected chi connectivity index (χ4v) is 5.52. The van der Waals surface area contributed by atoms with E-state index in [0.29, 0.717) is 17.6 Å². The average Bonchev–Trinajstić information content (AvgIpc) is 3.17. The van der Waals surface area contributed by atoms with Crippen molar-refractivity contribution in [2.45, 2.75) is 57.5 Å². The number of aromatic nitrogens is 3. The van der Waals surface area contributed by atoms with E-state index in [1.54, 1.807) is 10.9 Å². The van der Waals surface area contributed by atoms with Crippen LogP contribution in [0.15, 0.2) is 41.5 Å². The second-order valence-corrected chi connectivity index (χ2v) is 9.66. The summed E-state index contributed by atoms with van der Waals surface area (Å²) in [6.07, 6.45) is 10.1. The molecule has 1 aromatic carbocycles. The molecule has 6 nitrogen and oxygen atoms in total. The SMILES string of the molecule is Cc1cn(C2CCC(n3ncc(NC[C@H]4CCCOC4)c(Cl)c3=O)CC2)c2ccccc12. The minimum atomic E-state index is -0.192. The van der Waals surface area contributed by atoms with E-state index >= 15 is 0 Å². The van der Waals surface area contributed by atoms with Gasteiger partial charge in [0, 0.05) is 36.3 Å². The molecule has 5 rings (SSSR count). The Morgan fingerprint density at radius 3 is 2.72 bits per heavy atom. The summed E-state index contributed by atoms with van der Waals surface area (Å²) in [6.45, 7) is 4.53. The van der Waals surface area contributed by atoms with Crippen molar-refractivity contribution in [1.29, 1.82) is 0 Å². The molecular weight excluding hydrogens is 424 g/mol. The number of benzene rings is 1. The first-order chi connectivity index (χ1) is 15.6. The highest BCUT2D eigenvalue weighted by molar-refractivity contribution is 6.32. The van der Waals surface area contributed by atoms with Crippen molar-refractivity contribution in [3.05, 3.63) is 57.6 Å². The summed E-state index contributed by atoms with van der Waals surface area (Å²) in [5, 5.41) is 9.37. The summed E-state index contributed by atoms with van der Waals surface area (Å²) in [7, 11) is 0. The monoisotopic (exact) mass is 454 g/mol. The predicted molar refractivity (Wildman–Crippen MR) is 129 cm³/mol. The first-order valence-electron chi connectivity index (χ1n) is 11.8. The van der Waals surface area contributed by atoms with Crippen molar-refractivity contribution < 1.29 is 4.74 Å². The van der Waals surface area contributed by atoms with E-state index < -0.39 is 0 Å². The molecule has 0 radical (unpaired) electrons. The molecule has 0 bridgehead atoms. The number of aryl methyl sites for hydroxylation is 1. The summed E-state index contributed by atoms with van der Waals surface area (Å²) < 4.78 is 9.56. The van der Waals surface area contributed by atoms with Crippen LogP contribution in [-0.2, 0) is 4.74 Å². The number of halogens is 1. The second-order valence-electron chi connectivity index (χ2n) is 9.28. The van der Waals surface area contributed by atoms with Gasteiger partial charge in [-0.15, -0.1) is 0 Å². The van der Waals surface area contributed by atoms with Crippen LogP contribution in [0.2, 0.25) is 5.02 Å². The summed E-state index contributed by atoms with van der Waals surface area (Å²) >= 11 is 6.46. The fourth-order valence-electron chi connectivity index (χ4n) is 5.31. The van der Waals surface area contributed by atoms with Crippen LogP contribution in [-0.4, -0.2) is 34.1 Å². The summed E-state index contributed by atoms with van der Waals surface area (Å²) in [6, 6.07) is 9.14. The van der Waals surface area contributed by atoms with E-state index in [1.807, 2.05) is 0 Å². The Morgan fingerprint density at radius 2 is 1.94 bits per heavy atom. The summed E-state index contributed by atoms with van der Waals surface area (Å²) in [5.41, 5.74) is 3.05. The van der Waals surface area contributed by atoms with Crippen LogP contribution >= 0.6 is 11.6 Å². The molecule has 1 N–H and O–H groups in total. The first kappa shape index (κ1) is 21.5. The van der Waals surface area contributed by atoms with E-state index in [1.165, 1.54) is 16.5 Å². The number of anilines is 1. The fraction of sp³-hybridized carbons (Fsp3) is 0.520. The van der Waals surface area contributed by atoms with Gasteiger partial charge in [-0.05, 0) is 63.0 Å². The van der Waals surface area contributed by atoms with E-state index in [-0.39, 0.29) is 16.6 Å². The third-order valence-electron chi connectivity index (χ3n) is 7.12. The molecule has 3 heterocycles.